The maximum atomic E-state index is 12.7. The van der Waals surface area contributed by atoms with E-state index in [2.05, 4.69) is 36.2 Å². The number of aromatic nitrogens is 2. The highest BCUT2D eigenvalue weighted by atomic mass is 16.5. The van der Waals surface area contributed by atoms with Crippen molar-refractivity contribution in [1.82, 2.24) is 15.5 Å². The number of hydrogen-bond acceptors (Lipinski definition) is 6. The largest absolute Gasteiger partial charge is 0.481 e. The fourth-order valence-electron chi connectivity index (χ4n) is 4.30. The van der Waals surface area contributed by atoms with E-state index in [4.69, 9.17) is 14.4 Å². The molecule has 3 rings (SSSR count). The van der Waals surface area contributed by atoms with Crippen LogP contribution in [0.4, 0.5) is 4.79 Å². The summed E-state index contributed by atoms with van der Waals surface area (Å²) in [6, 6.07) is 9.50. The second kappa shape index (κ2) is 10.1. The van der Waals surface area contributed by atoms with Gasteiger partial charge in [0.2, 0.25) is 5.89 Å². The quantitative estimate of drug-likeness (QED) is 0.570. The molecule has 2 aromatic rings. The van der Waals surface area contributed by atoms with Gasteiger partial charge in [-0.15, -0.1) is 0 Å². The number of ether oxygens (including phenoxy) is 1. The molecule has 0 saturated heterocycles. The Labute approximate surface area is 188 Å². The minimum atomic E-state index is -0.926. The van der Waals surface area contributed by atoms with Crippen LogP contribution in [-0.2, 0) is 28.1 Å². The topological polar surface area (TPSA) is 115 Å². The molecule has 1 aliphatic carbocycles. The van der Waals surface area contributed by atoms with Crippen LogP contribution in [0.3, 0.4) is 0 Å². The number of alkyl carbamates (subject to hydrolysis) is 1. The number of nitrogens with one attached hydrogen (secondary N) is 1. The number of carboxylic acids is 1. The number of carbonyl (C=O) groups excluding carboxylic acids is 1. The zero-order valence-electron chi connectivity index (χ0n) is 19.1. The van der Waals surface area contributed by atoms with Gasteiger partial charge in [0.05, 0.1) is 6.42 Å². The SMILES string of the molecule is CCC(C)(C)C1CCC(NC(=O)OCc2ccccc2)(c2noc(CCC(=O)O)n2)CC1. The maximum Gasteiger partial charge on any atom is 0.408 e. The minimum Gasteiger partial charge on any atom is -0.481 e. The Balaban J connectivity index is 1.74. The third-order valence-electron chi connectivity index (χ3n) is 6.86. The van der Waals surface area contributed by atoms with Gasteiger partial charge >= 0.3 is 12.1 Å². The molecule has 8 nitrogen and oxygen atoms in total. The number of rotatable bonds is 9. The second-order valence-electron chi connectivity index (χ2n) is 9.29. The van der Waals surface area contributed by atoms with Crippen molar-refractivity contribution in [2.24, 2.45) is 11.3 Å². The van der Waals surface area contributed by atoms with E-state index in [1.165, 1.54) is 0 Å². The van der Waals surface area contributed by atoms with E-state index in [-0.39, 0.29) is 30.8 Å². The van der Waals surface area contributed by atoms with Crippen molar-refractivity contribution in [3.63, 3.8) is 0 Å². The summed E-state index contributed by atoms with van der Waals surface area (Å²) in [5, 5.41) is 16.1. The summed E-state index contributed by atoms with van der Waals surface area (Å²) in [4.78, 5) is 28.0. The van der Waals surface area contributed by atoms with Crippen LogP contribution >= 0.6 is 0 Å². The first-order chi connectivity index (χ1) is 15.2. The van der Waals surface area contributed by atoms with Gasteiger partial charge in [-0.1, -0.05) is 62.7 Å². The summed E-state index contributed by atoms with van der Waals surface area (Å²) >= 11 is 0. The number of carboxylic acid groups (broad SMARTS) is 1. The van der Waals surface area contributed by atoms with Crippen molar-refractivity contribution in [3.8, 4) is 0 Å². The van der Waals surface area contributed by atoms with E-state index in [1.54, 1.807) is 0 Å². The highest BCUT2D eigenvalue weighted by Gasteiger charge is 2.45. The zero-order valence-corrected chi connectivity index (χ0v) is 19.1. The molecule has 0 radical (unpaired) electrons. The van der Waals surface area contributed by atoms with Gasteiger partial charge in [-0.05, 0) is 42.6 Å². The molecule has 1 aromatic heterocycles. The zero-order chi connectivity index (χ0) is 23.2. The third kappa shape index (κ3) is 5.87. The van der Waals surface area contributed by atoms with Crippen LogP contribution in [0.2, 0.25) is 0 Å². The van der Waals surface area contributed by atoms with Crippen molar-refractivity contribution < 1.29 is 24.0 Å². The number of amides is 1. The molecule has 1 aliphatic rings. The van der Waals surface area contributed by atoms with Gasteiger partial charge in [-0.3, -0.25) is 4.79 Å². The van der Waals surface area contributed by atoms with E-state index < -0.39 is 17.6 Å². The summed E-state index contributed by atoms with van der Waals surface area (Å²) in [7, 11) is 0. The highest BCUT2D eigenvalue weighted by molar-refractivity contribution is 5.68. The van der Waals surface area contributed by atoms with Gasteiger partial charge in [-0.2, -0.15) is 4.98 Å². The molecule has 8 heteroatoms. The Morgan fingerprint density at radius 1 is 1.25 bits per heavy atom. The molecule has 0 spiro atoms. The molecule has 32 heavy (non-hydrogen) atoms. The first-order valence-electron chi connectivity index (χ1n) is 11.3. The molecule has 1 fully saturated rings. The lowest BCUT2D eigenvalue weighted by Crippen LogP contribution is -2.50. The summed E-state index contributed by atoms with van der Waals surface area (Å²) < 4.78 is 10.8. The van der Waals surface area contributed by atoms with E-state index >= 15 is 0 Å². The van der Waals surface area contributed by atoms with Gasteiger partial charge in [-0.25, -0.2) is 4.79 Å². The highest BCUT2D eigenvalue weighted by Crippen LogP contribution is 2.46. The Kier molecular flexibility index (Phi) is 7.53. The van der Waals surface area contributed by atoms with Gasteiger partial charge in [0, 0.05) is 6.42 Å². The average Bonchev–Trinajstić information content (AvgIpc) is 3.27. The van der Waals surface area contributed by atoms with E-state index in [0.717, 1.165) is 24.8 Å². The molecule has 1 aromatic carbocycles. The maximum absolute atomic E-state index is 12.7. The van der Waals surface area contributed by atoms with Crippen LogP contribution in [0.1, 0.15) is 76.6 Å². The lowest BCUT2D eigenvalue weighted by atomic mass is 9.65. The minimum absolute atomic E-state index is 0.0893. The second-order valence-corrected chi connectivity index (χ2v) is 9.29. The van der Waals surface area contributed by atoms with Gasteiger partial charge in [0.15, 0.2) is 5.82 Å². The smallest absolute Gasteiger partial charge is 0.408 e. The van der Waals surface area contributed by atoms with Crippen LogP contribution in [0.15, 0.2) is 34.9 Å². The van der Waals surface area contributed by atoms with E-state index in [0.29, 0.717) is 24.6 Å². The van der Waals surface area contributed by atoms with E-state index in [1.807, 2.05) is 30.3 Å². The Bertz CT molecular complexity index is 901. The summed E-state index contributed by atoms with van der Waals surface area (Å²) in [6.45, 7) is 6.94. The van der Waals surface area contributed by atoms with Gasteiger partial charge in [0.1, 0.15) is 12.1 Å². The van der Waals surface area contributed by atoms with Crippen LogP contribution in [-0.4, -0.2) is 27.3 Å². The normalized spacial score (nSPS) is 21.2. The molecule has 0 unspecified atom stereocenters. The van der Waals surface area contributed by atoms with Crippen LogP contribution in [0, 0.1) is 11.3 Å². The average molecular weight is 444 g/mol. The van der Waals surface area contributed by atoms with Gasteiger partial charge < -0.3 is 19.7 Å². The molecular weight excluding hydrogens is 410 g/mol. The molecule has 1 amide bonds. The first kappa shape index (κ1) is 23.8. The molecule has 0 aliphatic heterocycles. The lowest BCUT2D eigenvalue weighted by Gasteiger charge is -2.43. The fourth-order valence-corrected chi connectivity index (χ4v) is 4.30. The summed E-state index contributed by atoms with van der Waals surface area (Å²) in [5.74, 6) is 0.255. The molecule has 0 atom stereocenters. The first-order valence-corrected chi connectivity index (χ1v) is 11.3. The number of benzene rings is 1. The van der Waals surface area contributed by atoms with Crippen molar-refractivity contribution in [2.75, 3.05) is 0 Å². The van der Waals surface area contributed by atoms with Crippen LogP contribution in [0.5, 0.6) is 0 Å². The number of carbonyl (C=O) groups is 2. The number of nitrogens with zero attached hydrogens (tertiary/aromatic N) is 2. The lowest BCUT2D eigenvalue weighted by molar-refractivity contribution is -0.137. The van der Waals surface area contributed by atoms with Crippen molar-refractivity contribution in [1.29, 1.82) is 0 Å². The number of hydrogen-bond donors (Lipinski definition) is 2. The molecule has 0 bridgehead atoms. The van der Waals surface area contributed by atoms with Gasteiger partial charge in [0.25, 0.3) is 0 Å². The molecule has 2 N–H and O–H groups in total. The third-order valence-corrected chi connectivity index (χ3v) is 6.86. The Hall–Kier alpha value is -2.90. The van der Waals surface area contributed by atoms with E-state index in [9.17, 15) is 9.59 Å². The number of aryl methyl sites for hydroxylation is 1. The predicted molar refractivity (Wildman–Crippen MR) is 118 cm³/mol. The fraction of sp³-hybridized carbons (Fsp3) is 0.583. The Morgan fingerprint density at radius 2 is 1.94 bits per heavy atom. The van der Waals surface area contributed by atoms with Crippen molar-refractivity contribution in [3.05, 3.63) is 47.6 Å². The molecule has 174 valence electrons. The Morgan fingerprint density at radius 3 is 2.56 bits per heavy atom. The monoisotopic (exact) mass is 443 g/mol. The van der Waals surface area contributed by atoms with Crippen molar-refractivity contribution in [2.45, 2.75) is 77.9 Å². The molecule has 1 saturated carbocycles. The molecular formula is C24H33N3O5. The summed E-state index contributed by atoms with van der Waals surface area (Å²) in [6.07, 6.45) is 3.78. The van der Waals surface area contributed by atoms with Crippen molar-refractivity contribution >= 4 is 12.1 Å². The number of aliphatic carboxylic acids is 1. The summed E-state index contributed by atoms with van der Waals surface area (Å²) in [5.41, 5.74) is 0.323. The predicted octanol–water partition coefficient (Wildman–Crippen LogP) is 4.83. The molecule has 1 heterocycles. The van der Waals surface area contributed by atoms with Crippen LogP contribution < -0.4 is 5.32 Å². The van der Waals surface area contributed by atoms with Crippen LogP contribution in [0.25, 0.3) is 0 Å². The standard InChI is InChI=1S/C24H33N3O5/c1-4-23(2,3)18-12-14-24(15-13-18,21-25-19(32-27-21)10-11-20(28)29)26-22(30)31-16-17-8-6-5-7-9-17/h5-9,18H,4,10-16H2,1-3H3,(H,26,30)(H,28,29).